The SMILES string of the molecule is COc1cccc(CC2(CCl)CC3CC3C2)c1. The van der Waals surface area contributed by atoms with Gasteiger partial charge in [-0.2, -0.15) is 0 Å². The fraction of sp³-hybridized carbons (Fsp3) is 0.600. The van der Waals surface area contributed by atoms with Gasteiger partial charge in [0, 0.05) is 5.88 Å². The van der Waals surface area contributed by atoms with Crippen molar-refractivity contribution in [3.8, 4) is 5.75 Å². The van der Waals surface area contributed by atoms with Crippen molar-refractivity contribution < 1.29 is 4.74 Å². The Bertz CT molecular complexity index is 405. The van der Waals surface area contributed by atoms with Gasteiger partial charge in [-0.3, -0.25) is 0 Å². The molecular formula is C15H19ClO. The molecule has 2 aliphatic carbocycles. The van der Waals surface area contributed by atoms with Gasteiger partial charge >= 0.3 is 0 Å². The first-order valence-electron chi connectivity index (χ1n) is 6.44. The van der Waals surface area contributed by atoms with Gasteiger partial charge in [0.2, 0.25) is 0 Å². The van der Waals surface area contributed by atoms with E-state index < -0.39 is 0 Å². The molecule has 2 aliphatic rings. The summed E-state index contributed by atoms with van der Waals surface area (Å²) in [6, 6.07) is 8.42. The number of methoxy groups -OCH3 is 1. The van der Waals surface area contributed by atoms with Crippen LogP contribution in [0, 0.1) is 17.3 Å². The van der Waals surface area contributed by atoms with E-state index in [1.807, 2.05) is 6.07 Å². The van der Waals surface area contributed by atoms with Crippen molar-refractivity contribution in [3.63, 3.8) is 0 Å². The van der Waals surface area contributed by atoms with Crippen LogP contribution in [-0.4, -0.2) is 13.0 Å². The van der Waals surface area contributed by atoms with Crippen molar-refractivity contribution in [1.29, 1.82) is 0 Å². The molecule has 92 valence electrons. The molecule has 0 heterocycles. The Kier molecular flexibility index (Phi) is 2.82. The van der Waals surface area contributed by atoms with E-state index in [-0.39, 0.29) is 0 Å². The molecule has 17 heavy (non-hydrogen) atoms. The lowest BCUT2D eigenvalue weighted by Crippen LogP contribution is -2.23. The van der Waals surface area contributed by atoms with Gasteiger partial charge in [0.05, 0.1) is 7.11 Å². The van der Waals surface area contributed by atoms with Crippen molar-refractivity contribution in [2.45, 2.75) is 25.7 Å². The van der Waals surface area contributed by atoms with Gasteiger partial charge in [-0.05, 0) is 60.6 Å². The van der Waals surface area contributed by atoms with Crippen LogP contribution in [0.1, 0.15) is 24.8 Å². The standard InChI is InChI=1S/C15H19ClO/c1-17-14-4-2-3-11(5-14)7-15(10-16)8-12-6-13(12)9-15/h2-5,12-13H,6-10H2,1H3. The molecule has 0 aliphatic heterocycles. The van der Waals surface area contributed by atoms with Crippen molar-refractivity contribution in [1.82, 2.24) is 0 Å². The second kappa shape index (κ2) is 4.20. The first-order chi connectivity index (χ1) is 8.24. The van der Waals surface area contributed by atoms with E-state index in [1.165, 1.54) is 24.8 Å². The zero-order valence-corrected chi connectivity index (χ0v) is 11.0. The lowest BCUT2D eigenvalue weighted by atomic mass is 9.79. The van der Waals surface area contributed by atoms with Crippen LogP contribution < -0.4 is 4.74 Å². The van der Waals surface area contributed by atoms with Crippen LogP contribution in [0.3, 0.4) is 0 Å². The Morgan fingerprint density at radius 2 is 2.12 bits per heavy atom. The first kappa shape index (κ1) is 11.4. The van der Waals surface area contributed by atoms with E-state index in [0.29, 0.717) is 5.41 Å². The highest BCUT2D eigenvalue weighted by molar-refractivity contribution is 6.18. The molecule has 0 radical (unpaired) electrons. The largest absolute Gasteiger partial charge is 0.497 e. The first-order valence-corrected chi connectivity index (χ1v) is 6.97. The summed E-state index contributed by atoms with van der Waals surface area (Å²) >= 11 is 6.24. The topological polar surface area (TPSA) is 9.23 Å². The number of hydrogen-bond acceptors (Lipinski definition) is 1. The van der Waals surface area contributed by atoms with Gasteiger partial charge in [0.1, 0.15) is 5.75 Å². The quantitative estimate of drug-likeness (QED) is 0.737. The highest BCUT2D eigenvalue weighted by Crippen LogP contribution is 2.61. The zero-order valence-electron chi connectivity index (χ0n) is 10.3. The lowest BCUT2D eigenvalue weighted by molar-refractivity contribution is 0.302. The maximum absolute atomic E-state index is 6.24. The highest BCUT2D eigenvalue weighted by atomic mass is 35.5. The zero-order chi connectivity index (χ0) is 11.9. The summed E-state index contributed by atoms with van der Waals surface area (Å²) in [6.07, 6.45) is 5.23. The molecule has 0 aromatic heterocycles. The average molecular weight is 251 g/mol. The van der Waals surface area contributed by atoms with E-state index in [4.69, 9.17) is 16.3 Å². The third-order valence-electron chi connectivity index (χ3n) is 4.46. The van der Waals surface area contributed by atoms with Crippen LogP contribution in [0.5, 0.6) is 5.75 Å². The monoisotopic (exact) mass is 250 g/mol. The summed E-state index contributed by atoms with van der Waals surface area (Å²) in [5.41, 5.74) is 1.73. The maximum Gasteiger partial charge on any atom is 0.119 e. The van der Waals surface area contributed by atoms with Crippen molar-refractivity contribution in [2.75, 3.05) is 13.0 Å². The third-order valence-corrected chi connectivity index (χ3v) is 5.02. The number of hydrogen-bond donors (Lipinski definition) is 0. The number of rotatable bonds is 4. The number of fused-ring (bicyclic) bond motifs is 1. The summed E-state index contributed by atoms with van der Waals surface area (Å²) in [7, 11) is 1.72. The van der Waals surface area contributed by atoms with Crippen LogP contribution in [0.2, 0.25) is 0 Å². The molecule has 1 aromatic rings. The Hall–Kier alpha value is -0.690. The predicted octanol–water partition coefficient (Wildman–Crippen LogP) is 3.89. The van der Waals surface area contributed by atoms with Gasteiger partial charge in [0.25, 0.3) is 0 Å². The van der Waals surface area contributed by atoms with E-state index in [2.05, 4.69) is 18.2 Å². The van der Waals surface area contributed by atoms with Gasteiger partial charge < -0.3 is 4.74 Å². The summed E-state index contributed by atoms with van der Waals surface area (Å²) in [4.78, 5) is 0. The Morgan fingerprint density at radius 3 is 2.76 bits per heavy atom. The molecule has 0 spiro atoms. The van der Waals surface area contributed by atoms with Crippen LogP contribution in [0.25, 0.3) is 0 Å². The minimum atomic E-state index is 0.363. The Balaban J connectivity index is 1.76. The molecule has 2 unspecified atom stereocenters. The van der Waals surface area contributed by atoms with Crippen LogP contribution in [0.4, 0.5) is 0 Å². The molecule has 2 saturated carbocycles. The minimum absolute atomic E-state index is 0.363. The summed E-state index contributed by atoms with van der Waals surface area (Å²) in [5, 5.41) is 0. The van der Waals surface area contributed by atoms with Crippen molar-refractivity contribution >= 4 is 11.6 Å². The molecule has 0 saturated heterocycles. The fourth-order valence-corrected chi connectivity index (χ4v) is 3.83. The molecule has 0 amide bonds. The predicted molar refractivity (Wildman–Crippen MR) is 70.7 cm³/mol. The lowest BCUT2D eigenvalue weighted by Gasteiger charge is -2.28. The number of halogens is 1. The number of ether oxygens (including phenoxy) is 1. The molecule has 2 atom stereocenters. The molecule has 2 heteroatoms. The van der Waals surface area contributed by atoms with Crippen LogP contribution in [0.15, 0.2) is 24.3 Å². The smallest absolute Gasteiger partial charge is 0.119 e. The van der Waals surface area contributed by atoms with E-state index in [9.17, 15) is 0 Å². The normalized spacial score (nSPS) is 34.5. The molecule has 2 fully saturated rings. The Labute approximate surface area is 108 Å². The van der Waals surface area contributed by atoms with E-state index in [1.54, 1.807) is 7.11 Å². The second-order valence-electron chi connectivity index (χ2n) is 5.83. The number of benzene rings is 1. The van der Waals surface area contributed by atoms with Crippen LogP contribution >= 0.6 is 11.6 Å². The van der Waals surface area contributed by atoms with E-state index in [0.717, 1.165) is 29.9 Å². The molecule has 0 N–H and O–H groups in total. The highest BCUT2D eigenvalue weighted by Gasteiger charge is 2.53. The third kappa shape index (κ3) is 2.18. The second-order valence-corrected chi connectivity index (χ2v) is 6.09. The van der Waals surface area contributed by atoms with Crippen LogP contribution in [-0.2, 0) is 6.42 Å². The van der Waals surface area contributed by atoms with Gasteiger partial charge in [-0.15, -0.1) is 11.6 Å². The Morgan fingerprint density at radius 1 is 1.35 bits per heavy atom. The maximum atomic E-state index is 6.24. The van der Waals surface area contributed by atoms with E-state index >= 15 is 0 Å². The molecule has 1 aromatic carbocycles. The van der Waals surface area contributed by atoms with Gasteiger partial charge in [0.15, 0.2) is 0 Å². The average Bonchev–Trinajstić information content (AvgIpc) is 2.98. The minimum Gasteiger partial charge on any atom is -0.497 e. The molecular weight excluding hydrogens is 232 g/mol. The summed E-state index contributed by atoms with van der Waals surface area (Å²) < 4.78 is 5.28. The van der Waals surface area contributed by atoms with Gasteiger partial charge in [-0.1, -0.05) is 12.1 Å². The molecule has 3 rings (SSSR count). The van der Waals surface area contributed by atoms with Crippen molar-refractivity contribution in [3.05, 3.63) is 29.8 Å². The number of alkyl halides is 1. The van der Waals surface area contributed by atoms with Gasteiger partial charge in [-0.25, -0.2) is 0 Å². The summed E-state index contributed by atoms with van der Waals surface area (Å²) in [6.45, 7) is 0. The summed E-state index contributed by atoms with van der Waals surface area (Å²) in [5.74, 6) is 3.73. The fourth-order valence-electron chi connectivity index (χ4n) is 3.52. The molecule has 0 bridgehead atoms. The molecule has 1 nitrogen and oxygen atoms in total. The van der Waals surface area contributed by atoms with Crippen molar-refractivity contribution in [2.24, 2.45) is 17.3 Å².